The molecule has 192 valence electrons. The summed E-state index contributed by atoms with van der Waals surface area (Å²) in [4.78, 5) is 18.2. The molecule has 3 aromatic carbocycles. The van der Waals surface area contributed by atoms with Crippen molar-refractivity contribution in [2.45, 2.75) is 18.7 Å². The van der Waals surface area contributed by atoms with E-state index in [1.807, 2.05) is 42.5 Å². The Morgan fingerprint density at radius 3 is 1.78 bits per heavy atom. The van der Waals surface area contributed by atoms with Gasteiger partial charge in [0, 0.05) is 25.0 Å². The molecular weight excluding hydrogens is 472 g/mol. The molecule has 0 aliphatic carbocycles. The molecule has 37 heavy (non-hydrogen) atoms. The van der Waals surface area contributed by atoms with Crippen molar-refractivity contribution in [3.8, 4) is 5.75 Å². The first-order valence-electron chi connectivity index (χ1n) is 11.7. The number of carboxylic acid groups (broad SMARTS) is 2. The van der Waals surface area contributed by atoms with E-state index in [-0.39, 0.29) is 12.6 Å². The lowest BCUT2D eigenvalue weighted by Gasteiger charge is -2.23. The van der Waals surface area contributed by atoms with Crippen LogP contribution in [0, 0.1) is 0 Å². The van der Waals surface area contributed by atoms with Gasteiger partial charge in [0.15, 0.2) is 0 Å². The summed E-state index contributed by atoms with van der Waals surface area (Å²) in [5.41, 5.74) is 3.64. The third-order valence-corrected chi connectivity index (χ3v) is 5.43. The lowest BCUT2D eigenvalue weighted by Crippen LogP contribution is -2.32. The molecule has 0 saturated carbocycles. The van der Waals surface area contributed by atoms with Crippen molar-refractivity contribution in [3.63, 3.8) is 0 Å². The summed E-state index contributed by atoms with van der Waals surface area (Å²) in [6.45, 7) is 1.37. The molecule has 0 fully saturated rings. The Morgan fingerprint density at radius 2 is 1.27 bits per heavy atom. The number of aliphatic carboxylic acids is 2. The van der Waals surface area contributed by atoms with E-state index in [1.165, 1.54) is 11.1 Å². The summed E-state index contributed by atoms with van der Waals surface area (Å²) >= 11 is 0. The van der Waals surface area contributed by atoms with Crippen molar-refractivity contribution in [1.29, 1.82) is 0 Å². The molecule has 4 aromatic rings. The molecule has 0 aliphatic heterocycles. The molecule has 0 bridgehead atoms. The van der Waals surface area contributed by atoms with Crippen LogP contribution in [0.1, 0.15) is 22.9 Å². The zero-order chi connectivity index (χ0) is 26.5. The third-order valence-electron chi connectivity index (χ3n) is 5.43. The standard InChI is InChI=1S/C27H28N2O2.C2H2O4/c30-25(21-31-26-16-8-3-9-17-26)20-28-19-24-15-10-18-29(24)27(22-11-4-1-5-12-22)23-13-6-2-7-14-23;3-1(4)2(5)6/h1-18,25,27-28,30H,19-21H2;(H,3,4)(H,5,6). The second-order valence-electron chi connectivity index (χ2n) is 8.15. The van der Waals surface area contributed by atoms with E-state index >= 15 is 0 Å². The summed E-state index contributed by atoms with van der Waals surface area (Å²) in [7, 11) is 0. The molecule has 4 rings (SSSR count). The molecule has 0 amide bonds. The lowest BCUT2D eigenvalue weighted by atomic mass is 9.98. The van der Waals surface area contributed by atoms with E-state index in [4.69, 9.17) is 24.5 Å². The fourth-order valence-corrected chi connectivity index (χ4v) is 3.75. The molecule has 1 unspecified atom stereocenters. The average Bonchev–Trinajstić information content (AvgIpc) is 3.37. The number of benzene rings is 3. The summed E-state index contributed by atoms with van der Waals surface area (Å²) in [6.07, 6.45) is 1.54. The monoisotopic (exact) mass is 502 g/mol. The van der Waals surface area contributed by atoms with Crippen LogP contribution in [0.3, 0.4) is 0 Å². The molecule has 8 heteroatoms. The molecule has 1 heterocycles. The Kier molecular flexibility index (Phi) is 10.5. The Morgan fingerprint density at radius 1 is 0.757 bits per heavy atom. The fourth-order valence-electron chi connectivity index (χ4n) is 3.75. The van der Waals surface area contributed by atoms with Crippen LogP contribution in [-0.4, -0.2) is 51.1 Å². The third kappa shape index (κ3) is 8.64. The summed E-state index contributed by atoms with van der Waals surface area (Å²) < 4.78 is 7.93. The maximum absolute atomic E-state index is 10.3. The normalized spacial score (nSPS) is 11.3. The minimum absolute atomic E-state index is 0.0977. The Bertz CT molecular complexity index is 1180. The van der Waals surface area contributed by atoms with Crippen LogP contribution in [0.4, 0.5) is 0 Å². The van der Waals surface area contributed by atoms with Crippen LogP contribution in [0.5, 0.6) is 5.75 Å². The number of aromatic nitrogens is 1. The molecule has 0 spiro atoms. The largest absolute Gasteiger partial charge is 0.491 e. The van der Waals surface area contributed by atoms with Crippen LogP contribution in [0.15, 0.2) is 109 Å². The molecule has 1 atom stereocenters. The van der Waals surface area contributed by atoms with Crippen LogP contribution in [0.25, 0.3) is 0 Å². The van der Waals surface area contributed by atoms with E-state index in [0.717, 1.165) is 11.4 Å². The second-order valence-corrected chi connectivity index (χ2v) is 8.15. The number of hydrogen-bond acceptors (Lipinski definition) is 5. The first-order valence-corrected chi connectivity index (χ1v) is 11.7. The summed E-state index contributed by atoms with van der Waals surface area (Å²) in [5, 5.41) is 28.4. The first kappa shape index (κ1) is 27.2. The van der Waals surface area contributed by atoms with Gasteiger partial charge in [0.1, 0.15) is 18.5 Å². The van der Waals surface area contributed by atoms with Gasteiger partial charge in [-0.15, -0.1) is 0 Å². The maximum Gasteiger partial charge on any atom is 0.414 e. The Hall–Kier alpha value is -4.40. The van der Waals surface area contributed by atoms with Gasteiger partial charge >= 0.3 is 11.9 Å². The van der Waals surface area contributed by atoms with Crippen LogP contribution in [0.2, 0.25) is 0 Å². The van der Waals surface area contributed by atoms with Gasteiger partial charge in [-0.2, -0.15) is 0 Å². The molecular formula is C29H30N2O6. The fraction of sp³-hybridized carbons (Fsp3) is 0.172. The second kappa shape index (κ2) is 14.2. The SMILES string of the molecule is O=C(O)C(=O)O.OC(CNCc1cccn1C(c1ccccc1)c1ccccc1)COc1ccccc1. The number of aliphatic hydroxyl groups excluding tert-OH is 1. The van der Waals surface area contributed by atoms with Gasteiger partial charge < -0.3 is 29.9 Å². The molecule has 8 nitrogen and oxygen atoms in total. The van der Waals surface area contributed by atoms with Crippen LogP contribution in [-0.2, 0) is 16.1 Å². The highest BCUT2D eigenvalue weighted by molar-refractivity contribution is 6.27. The van der Waals surface area contributed by atoms with E-state index < -0.39 is 18.0 Å². The quantitative estimate of drug-likeness (QED) is 0.243. The number of nitrogens with one attached hydrogen (secondary N) is 1. The number of carbonyl (C=O) groups is 2. The number of rotatable bonds is 10. The highest BCUT2D eigenvalue weighted by atomic mass is 16.5. The predicted molar refractivity (Wildman–Crippen MR) is 139 cm³/mol. The van der Waals surface area contributed by atoms with E-state index in [0.29, 0.717) is 13.1 Å². The predicted octanol–water partition coefficient (Wildman–Crippen LogP) is 3.81. The van der Waals surface area contributed by atoms with Gasteiger partial charge in [0.25, 0.3) is 0 Å². The minimum atomic E-state index is -1.82. The Labute approximate surface area is 215 Å². The lowest BCUT2D eigenvalue weighted by molar-refractivity contribution is -0.159. The number of nitrogens with zero attached hydrogens (tertiary/aromatic N) is 1. The number of carboxylic acids is 2. The number of para-hydroxylation sites is 1. The smallest absolute Gasteiger partial charge is 0.414 e. The van der Waals surface area contributed by atoms with Gasteiger partial charge in [-0.05, 0) is 35.4 Å². The summed E-state index contributed by atoms with van der Waals surface area (Å²) in [6, 6.07) is 34.9. The zero-order valence-electron chi connectivity index (χ0n) is 20.2. The van der Waals surface area contributed by atoms with Crippen molar-refractivity contribution in [1.82, 2.24) is 9.88 Å². The van der Waals surface area contributed by atoms with Crippen molar-refractivity contribution in [2.75, 3.05) is 13.2 Å². The summed E-state index contributed by atoms with van der Waals surface area (Å²) in [5.74, 6) is -2.88. The molecule has 1 aromatic heterocycles. The first-order chi connectivity index (χ1) is 18.0. The average molecular weight is 503 g/mol. The van der Waals surface area contributed by atoms with Crippen molar-refractivity contribution < 1.29 is 29.6 Å². The van der Waals surface area contributed by atoms with Crippen LogP contribution < -0.4 is 10.1 Å². The van der Waals surface area contributed by atoms with Crippen molar-refractivity contribution in [2.24, 2.45) is 0 Å². The highest BCUT2D eigenvalue weighted by Crippen LogP contribution is 2.28. The highest BCUT2D eigenvalue weighted by Gasteiger charge is 2.18. The van der Waals surface area contributed by atoms with Gasteiger partial charge in [0.05, 0.1) is 6.04 Å². The number of hydrogen-bond donors (Lipinski definition) is 4. The van der Waals surface area contributed by atoms with Gasteiger partial charge in [0.2, 0.25) is 0 Å². The maximum atomic E-state index is 10.3. The van der Waals surface area contributed by atoms with Gasteiger partial charge in [-0.3, -0.25) is 0 Å². The Balaban J connectivity index is 0.000000568. The van der Waals surface area contributed by atoms with Crippen LogP contribution >= 0.6 is 0 Å². The molecule has 0 saturated heterocycles. The minimum Gasteiger partial charge on any atom is -0.491 e. The van der Waals surface area contributed by atoms with Gasteiger partial charge in [-0.25, -0.2) is 9.59 Å². The van der Waals surface area contributed by atoms with Crippen molar-refractivity contribution in [3.05, 3.63) is 126 Å². The number of ether oxygens (including phenoxy) is 1. The molecule has 0 aliphatic rings. The number of aliphatic hydroxyl groups is 1. The topological polar surface area (TPSA) is 121 Å². The molecule has 0 radical (unpaired) electrons. The van der Waals surface area contributed by atoms with Gasteiger partial charge in [-0.1, -0.05) is 78.9 Å². The van der Waals surface area contributed by atoms with E-state index in [1.54, 1.807) is 0 Å². The van der Waals surface area contributed by atoms with E-state index in [2.05, 4.69) is 76.7 Å². The molecule has 4 N–H and O–H groups in total. The van der Waals surface area contributed by atoms with E-state index in [9.17, 15) is 5.11 Å². The zero-order valence-corrected chi connectivity index (χ0v) is 20.2. The van der Waals surface area contributed by atoms with Crippen molar-refractivity contribution >= 4 is 11.9 Å².